The molecule has 0 saturated carbocycles. The Bertz CT molecular complexity index is 374. The van der Waals surface area contributed by atoms with Gasteiger partial charge in [-0.1, -0.05) is 13.8 Å². The molecule has 1 aliphatic rings. The summed E-state index contributed by atoms with van der Waals surface area (Å²) < 4.78 is 5.80. The molecule has 3 heteroatoms. The van der Waals surface area contributed by atoms with E-state index in [9.17, 15) is 0 Å². The smallest absolute Gasteiger partial charge is 0.122 e. The summed E-state index contributed by atoms with van der Waals surface area (Å²) in [5, 5.41) is 0. The first-order valence-corrected chi connectivity index (χ1v) is 6.46. The van der Waals surface area contributed by atoms with Gasteiger partial charge in [-0.25, -0.2) is 0 Å². The molecule has 1 unspecified atom stereocenters. The van der Waals surface area contributed by atoms with Crippen LogP contribution in [-0.4, -0.2) is 31.1 Å². The van der Waals surface area contributed by atoms with E-state index in [1.54, 1.807) is 0 Å². The summed E-state index contributed by atoms with van der Waals surface area (Å²) in [6, 6.07) is 5.94. The number of nitrogens with zero attached hydrogens (tertiary/aromatic N) is 1. The molecule has 1 aliphatic heterocycles. The lowest BCUT2D eigenvalue weighted by Gasteiger charge is -2.29. The summed E-state index contributed by atoms with van der Waals surface area (Å²) in [5.41, 5.74) is 7.90. The average molecular weight is 234 g/mol. The Hall–Kier alpha value is -1.22. The van der Waals surface area contributed by atoms with Crippen molar-refractivity contribution in [3.8, 4) is 5.75 Å². The van der Waals surface area contributed by atoms with Gasteiger partial charge in [-0.3, -0.25) is 0 Å². The third-order valence-electron chi connectivity index (χ3n) is 3.48. The fourth-order valence-corrected chi connectivity index (χ4v) is 2.44. The lowest BCUT2D eigenvalue weighted by molar-refractivity contribution is 0.167. The number of fused-ring (bicyclic) bond motifs is 1. The zero-order valence-corrected chi connectivity index (χ0v) is 10.8. The highest BCUT2D eigenvalue weighted by molar-refractivity contribution is 5.48. The summed E-state index contributed by atoms with van der Waals surface area (Å²) in [5.74, 6) is 1.60. The van der Waals surface area contributed by atoms with Crippen LogP contribution in [0.5, 0.6) is 5.75 Å². The Kier molecular flexibility index (Phi) is 3.89. The lowest BCUT2D eigenvalue weighted by Crippen LogP contribution is -2.34. The average Bonchev–Trinajstić information content (AvgIpc) is 2.35. The maximum Gasteiger partial charge on any atom is 0.122 e. The van der Waals surface area contributed by atoms with E-state index in [-0.39, 0.29) is 0 Å². The van der Waals surface area contributed by atoms with Crippen LogP contribution in [0.2, 0.25) is 0 Å². The molecule has 0 amide bonds. The van der Waals surface area contributed by atoms with Crippen LogP contribution in [0.15, 0.2) is 18.2 Å². The summed E-state index contributed by atoms with van der Waals surface area (Å²) in [6.07, 6.45) is 1.08. The normalized spacial score (nSPS) is 18.9. The highest BCUT2D eigenvalue weighted by Gasteiger charge is 2.21. The van der Waals surface area contributed by atoms with Gasteiger partial charge in [0, 0.05) is 18.2 Å². The van der Waals surface area contributed by atoms with Crippen molar-refractivity contribution in [1.82, 2.24) is 4.90 Å². The first-order valence-electron chi connectivity index (χ1n) is 6.46. The second-order valence-electron chi connectivity index (χ2n) is 4.73. The summed E-state index contributed by atoms with van der Waals surface area (Å²) in [6.45, 7) is 8.57. The van der Waals surface area contributed by atoms with E-state index in [2.05, 4.69) is 18.7 Å². The Morgan fingerprint density at radius 1 is 1.35 bits per heavy atom. The van der Waals surface area contributed by atoms with Gasteiger partial charge in [0.1, 0.15) is 5.75 Å². The molecule has 0 aromatic heterocycles. The molecule has 17 heavy (non-hydrogen) atoms. The molecular formula is C14H22N2O. The van der Waals surface area contributed by atoms with E-state index in [1.165, 1.54) is 5.56 Å². The lowest BCUT2D eigenvalue weighted by atomic mass is 9.96. The van der Waals surface area contributed by atoms with Crippen LogP contribution in [0.1, 0.15) is 19.4 Å². The zero-order valence-electron chi connectivity index (χ0n) is 10.8. The monoisotopic (exact) mass is 234 g/mol. The fraction of sp³-hybridized carbons (Fsp3) is 0.571. The SMILES string of the molecule is CCN(CC)CC1COc2ccc(N)cc2C1. The maximum atomic E-state index is 5.81. The molecule has 0 bridgehead atoms. The molecule has 1 heterocycles. The second-order valence-corrected chi connectivity index (χ2v) is 4.73. The molecule has 0 saturated heterocycles. The molecule has 0 spiro atoms. The Labute approximate surface area is 104 Å². The summed E-state index contributed by atoms with van der Waals surface area (Å²) in [4.78, 5) is 2.45. The van der Waals surface area contributed by atoms with Crippen LogP contribution < -0.4 is 10.5 Å². The van der Waals surface area contributed by atoms with Crippen LogP contribution in [0.25, 0.3) is 0 Å². The zero-order chi connectivity index (χ0) is 12.3. The van der Waals surface area contributed by atoms with E-state index in [0.29, 0.717) is 5.92 Å². The molecule has 1 atom stereocenters. The summed E-state index contributed by atoms with van der Waals surface area (Å²) >= 11 is 0. The van der Waals surface area contributed by atoms with E-state index >= 15 is 0 Å². The van der Waals surface area contributed by atoms with Crippen LogP contribution >= 0.6 is 0 Å². The van der Waals surface area contributed by atoms with Gasteiger partial charge >= 0.3 is 0 Å². The molecule has 2 N–H and O–H groups in total. The highest BCUT2D eigenvalue weighted by atomic mass is 16.5. The van der Waals surface area contributed by atoms with Crippen molar-refractivity contribution in [1.29, 1.82) is 0 Å². The molecule has 0 fully saturated rings. The van der Waals surface area contributed by atoms with Crippen molar-refractivity contribution in [3.63, 3.8) is 0 Å². The minimum atomic E-state index is 0.587. The van der Waals surface area contributed by atoms with Gasteiger partial charge in [0.2, 0.25) is 0 Å². The van der Waals surface area contributed by atoms with Crippen LogP contribution in [0, 0.1) is 5.92 Å². The maximum absolute atomic E-state index is 5.81. The second kappa shape index (κ2) is 5.41. The van der Waals surface area contributed by atoms with Gasteiger partial charge in [-0.05, 0) is 43.3 Å². The van der Waals surface area contributed by atoms with Gasteiger partial charge in [-0.15, -0.1) is 0 Å². The standard InChI is InChI=1S/C14H22N2O/c1-3-16(4-2)9-11-7-12-8-13(15)5-6-14(12)17-10-11/h5-6,8,11H,3-4,7,9-10,15H2,1-2H3. The van der Waals surface area contributed by atoms with Crippen LogP contribution in [-0.2, 0) is 6.42 Å². The molecule has 94 valence electrons. The molecule has 1 aromatic rings. The quantitative estimate of drug-likeness (QED) is 0.811. The van der Waals surface area contributed by atoms with E-state index in [4.69, 9.17) is 10.5 Å². The van der Waals surface area contributed by atoms with Gasteiger partial charge in [-0.2, -0.15) is 0 Å². The highest BCUT2D eigenvalue weighted by Crippen LogP contribution is 2.29. The molecule has 0 radical (unpaired) electrons. The number of hydrogen-bond acceptors (Lipinski definition) is 3. The van der Waals surface area contributed by atoms with Crippen molar-refractivity contribution in [2.45, 2.75) is 20.3 Å². The van der Waals surface area contributed by atoms with E-state index < -0.39 is 0 Å². The van der Waals surface area contributed by atoms with Crippen molar-refractivity contribution < 1.29 is 4.74 Å². The Morgan fingerprint density at radius 2 is 2.12 bits per heavy atom. The molecule has 0 aliphatic carbocycles. The number of nitrogens with two attached hydrogens (primary N) is 1. The third-order valence-corrected chi connectivity index (χ3v) is 3.48. The largest absolute Gasteiger partial charge is 0.493 e. The minimum absolute atomic E-state index is 0.587. The Morgan fingerprint density at radius 3 is 2.82 bits per heavy atom. The van der Waals surface area contributed by atoms with E-state index in [1.807, 2.05) is 18.2 Å². The molecule has 1 aromatic carbocycles. The first kappa shape index (κ1) is 12.2. The number of nitrogen functional groups attached to an aromatic ring is 1. The number of anilines is 1. The van der Waals surface area contributed by atoms with Gasteiger partial charge in [0.25, 0.3) is 0 Å². The number of ether oxygens (including phenoxy) is 1. The van der Waals surface area contributed by atoms with E-state index in [0.717, 1.165) is 44.1 Å². The number of benzene rings is 1. The minimum Gasteiger partial charge on any atom is -0.493 e. The fourth-order valence-electron chi connectivity index (χ4n) is 2.44. The molecular weight excluding hydrogens is 212 g/mol. The van der Waals surface area contributed by atoms with Crippen molar-refractivity contribution >= 4 is 5.69 Å². The van der Waals surface area contributed by atoms with Crippen molar-refractivity contribution in [2.75, 3.05) is 32.0 Å². The molecule has 2 rings (SSSR count). The topological polar surface area (TPSA) is 38.5 Å². The number of rotatable bonds is 4. The van der Waals surface area contributed by atoms with Gasteiger partial charge in [0.05, 0.1) is 6.61 Å². The van der Waals surface area contributed by atoms with Crippen molar-refractivity contribution in [3.05, 3.63) is 23.8 Å². The third kappa shape index (κ3) is 2.91. The predicted molar refractivity (Wildman–Crippen MR) is 71.3 cm³/mol. The van der Waals surface area contributed by atoms with Gasteiger partial charge < -0.3 is 15.4 Å². The predicted octanol–water partition coefficient (Wildman–Crippen LogP) is 2.16. The van der Waals surface area contributed by atoms with Crippen LogP contribution in [0.3, 0.4) is 0 Å². The number of hydrogen-bond donors (Lipinski definition) is 1. The summed E-state index contributed by atoms with van der Waals surface area (Å²) in [7, 11) is 0. The van der Waals surface area contributed by atoms with Crippen LogP contribution in [0.4, 0.5) is 5.69 Å². The van der Waals surface area contributed by atoms with Crippen molar-refractivity contribution in [2.24, 2.45) is 5.92 Å². The van der Waals surface area contributed by atoms with Gasteiger partial charge in [0.15, 0.2) is 0 Å². The first-order chi connectivity index (χ1) is 8.22. The molecule has 3 nitrogen and oxygen atoms in total. The Balaban J connectivity index is 2.02.